The third kappa shape index (κ3) is 1.73. The molecule has 1 rings (SSSR count). The van der Waals surface area contributed by atoms with Crippen molar-refractivity contribution in [2.75, 3.05) is 5.73 Å². The summed E-state index contributed by atoms with van der Waals surface area (Å²) in [4.78, 5) is 20.3. The van der Waals surface area contributed by atoms with E-state index in [9.17, 15) is 14.9 Å². The number of nitrogens with zero attached hydrogens (tertiary/aromatic N) is 1. The van der Waals surface area contributed by atoms with Crippen molar-refractivity contribution in [1.82, 2.24) is 5.73 Å². The summed E-state index contributed by atoms with van der Waals surface area (Å²) >= 11 is 0. The summed E-state index contributed by atoms with van der Waals surface area (Å²) in [5.41, 5.74) is 11.6. The summed E-state index contributed by atoms with van der Waals surface area (Å²) in [6, 6.07) is 3.54. The van der Waals surface area contributed by atoms with Crippen LogP contribution in [0.3, 0.4) is 0 Å². The van der Waals surface area contributed by atoms with Crippen LogP contribution in [0.25, 0.3) is 0 Å². The average Bonchev–Trinajstić information content (AvgIpc) is 2.03. The lowest BCUT2D eigenvalue weighted by Crippen LogP contribution is -2.04. The second kappa shape index (κ2) is 3.10. The van der Waals surface area contributed by atoms with E-state index >= 15 is 0 Å². The Labute approximate surface area is 73.3 Å². The van der Waals surface area contributed by atoms with Crippen molar-refractivity contribution < 1.29 is 9.72 Å². The highest BCUT2D eigenvalue weighted by molar-refractivity contribution is 5.97. The average molecular weight is 180 g/mol. The van der Waals surface area contributed by atoms with Gasteiger partial charge in [-0.05, 0) is 12.1 Å². The fourth-order valence-corrected chi connectivity index (χ4v) is 0.895. The van der Waals surface area contributed by atoms with Crippen molar-refractivity contribution in [3.63, 3.8) is 0 Å². The topological polar surface area (TPSA) is 110 Å². The number of anilines is 1. The Morgan fingerprint density at radius 2 is 2.15 bits per heavy atom. The first-order valence-electron chi connectivity index (χ1n) is 3.32. The zero-order chi connectivity index (χ0) is 10.0. The van der Waals surface area contributed by atoms with Gasteiger partial charge in [0.2, 0.25) is 0 Å². The van der Waals surface area contributed by atoms with Crippen LogP contribution in [0.4, 0.5) is 11.4 Å². The van der Waals surface area contributed by atoms with E-state index in [4.69, 9.17) is 11.5 Å². The predicted octanol–water partition coefficient (Wildman–Crippen LogP) is 0.600. The third-order valence-corrected chi connectivity index (χ3v) is 1.46. The van der Waals surface area contributed by atoms with Crippen LogP contribution in [0.5, 0.6) is 0 Å². The molecule has 1 aromatic rings. The van der Waals surface area contributed by atoms with Crippen LogP contribution in [0, 0.1) is 10.1 Å². The first-order valence-corrected chi connectivity index (χ1v) is 3.32. The van der Waals surface area contributed by atoms with Crippen molar-refractivity contribution >= 4 is 17.3 Å². The molecule has 0 spiro atoms. The smallest absolute Gasteiger partial charge is 0.282 e. The summed E-state index contributed by atoms with van der Waals surface area (Å²) in [5.74, 6) is -1.11. The van der Waals surface area contributed by atoms with Gasteiger partial charge in [0.05, 0.1) is 4.92 Å². The molecule has 0 unspecified atom stereocenters. The lowest BCUT2D eigenvalue weighted by molar-refractivity contribution is -0.385. The molecule has 0 bridgehead atoms. The molecule has 0 aliphatic heterocycles. The van der Waals surface area contributed by atoms with Crippen LogP contribution >= 0.6 is 0 Å². The molecule has 0 atom stereocenters. The molecule has 0 saturated carbocycles. The molecule has 6 heteroatoms. The highest BCUT2D eigenvalue weighted by Gasteiger charge is 2.17. The molecule has 3 N–H and O–H groups in total. The molecule has 67 valence electrons. The fraction of sp³-hybridized carbons (Fsp3) is 0. The Balaban J connectivity index is 3.35. The number of nitrogens with one attached hydrogen (secondary N) is 1. The standard InChI is InChI=1S/C7H6N3O3/c8-4-1-2-6(10(12)13)5(3-4)7(9)11/h1-3,9H,8H2. The van der Waals surface area contributed by atoms with Crippen molar-refractivity contribution in [3.05, 3.63) is 33.9 Å². The Morgan fingerprint density at radius 3 is 2.62 bits per heavy atom. The maximum atomic E-state index is 10.6. The van der Waals surface area contributed by atoms with E-state index in [0.717, 1.165) is 12.1 Å². The second-order valence-electron chi connectivity index (χ2n) is 2.36. The van der Waals surface area contributed by atoms with E-state index in [-0.39, 0.29) is 11.3 Å². The zero-order valence-corrected chi connectivity index (χ0v) is 6.48. The molecule has 0 fully saturated rings. The van der Waals surface area contributed by atoms with Gasteiger partial charge in [-0.25, -0.2) is 0 Å². The third-order valence-electron chi connectivity index (χ3n) is 1.46. The van der Waals surface area contributed by atoms with Crippen molar-refractivity contribution in [2.24, 2.45) is 0 Å². The van der Waals surface area contributed by atoms with Crippen molar-refractivity contribution in [1.29, 1.82) is 0 Å². The number of hydrogen-bond acceptors (Lipinski definition) is 4. The first kappa shape index (κ1) is 8.98. The number of nitro benzene ring substituents is 1. The number of nitro groups is 1. The molecule has 6 nitrogen and oxygen atoms in total. The highest BCUT2D eigenvalue weighted by Crippen LogP contribution is 2.20. The molecule has 13 heavy (non-hydrogen) atoms. The minimum Gasteiger partial charge on any atom is -0.399 e. The lowest BCUT2D eigenvalue weighted by Gasteiger charge is -1.98. The van der Waals surface area contributed by atoms with E-state index in [2.05, 4.69) is 0 Å². The normalized spacial score (nSPS) is 9.54. The Hall–Kier alpha value is -2.11. The number of rotatable bonds is 2. The number of carbonyl (C=O) groups is 1. The highest BCUT2D eigenvalue weighted by atomic mass is 16.6. The number of carbonyl (C=O) groups excluding carboxylic acids is 1. The first-order chi connectivity index (χ1) is 6.02. The van der Waals surface area contributed by atoms with E-state index in [1.807, 2.05) is 0 Å². The van der Waals surface area contributed by atoms with E-state index in [1.165, 1.54) is 6.07 Å². The summed E-state index contributed by atoms with van der Waals surface area (Å²) < 4.78 is 0. The van der Waals surface area contributed by atoms with Gasteiger partial charge in [-0.3, -0.25) is 20.6 Å². The molecule has 1 radical (unpaired) electrons. The quantitative estimate of drug-likeness (QED) is 0.408. The van der Waals surface area contributed by atoms with Crippen LogP contribution in [0.1, 0.15) is 10.4 Å². The molecule has 0 heterocycles. The number of hydrogen-bond donors (Lipinski definition) is 1. The van der Waals surface area contributed by atoms with Crippen molar-refractivity contribution in [2.45, 2.75) is 0 Å². The van der Waals surface area contributed by atoms with Gasteiger partial charge in [0.15, 0.2) is 0 Å². The van der Waals surface area contributed by atoms with Crippen LogP contribution < -0.4 is 11.5 Å². The Kier molecular flexibility index (Phi) is 2.14. The molecule has 1 aromatic carbocycles. The molecule has 1 amide bonds. The minimum atomic E-state index is -1.11. The summed E-state index contributed by atoms with van der Waals surface area (Å²) in [6.07, 6.45) is 0. The maximum Gasteiger partial charge on any atom is 0.282 e. The van der Waals surface area contributed by atoms with Gasteiger partial charge in [0.25, 0.3) is 11.6 Å². The summed E-state index contributed by atoms with van der Waals surface area (Å²) in [5, 5.41) is 10.4. The molecule has 0 aromatic heterocycles. The Morgan fingerprint density at radius 1 is 1.54 bits per heavy atom. The Bertz CT molecular complexity index is 375. The van der Waals surface area contributed by atoms with E-state index in [1.54, 1.807) is 0 Å². The fourth-order valence-electron chi connectivity index (χ4n) is 0.895. The SMILES string of the molecule is [NH]C(=O)c1cc(N)ccc1[N+](=O)[O-]. The number of amides is 1. The van der Waals surface area contributed by atoms with Crippen LogP contribution in [0.15, 0.2) is 18.2 Å². The number of benzene rings is 1. The van der Waals surface area contributed by atoms with E-state index < -0.39 is 16.5 Å². The van der Waals surface area contributed by atoms with Gasteiger partial charge < -0.3 is 5.73 Å². The van der Waals surface area contributed by atoms with E-state index in [0.29, 0.717) is 0 Å². The number of nitrogen functional groups attached to an aromatic ring is 1. The summed E-state index contributed by atoms with van der Waals surface area (Å²) in [7, 11) is 0. The number of nitrogens with two attached hydrogens (primary N) is 1. The molecule has 0 aliphatic rings. The molecule has 0 aliphatic carbocycles. The molecule has 0 saturated heterocycles. The minimum absolute atomic E-state index is 0.223. The lowest BCUT2D eigenvalue weighted by atomic mass is 10.1. The second-order valence-corrected chi connectivity index (χ2v) is 2.36. The maximum absolute atomic E-state index is 10.6. The zero-order valence-electron chi connectivity index (χ0n) is 6.48. The monoisotopic (exact) mass is 180 g/mol. The van der Waals surface area contributed by atoms with Gasteiger partial charge in [0, 0.05) is 11.8 Å². The molecular weight excluding hydrogens is 174 g/mol. The van der Waals surface area contributed by atoms with Gasteiger partial charge >= 0.3 is 0 Å². The van der Waals surface area contributed by atoms with Crippen LogP contribution in [-0.4, -0.2) is 10.8 Å². The largest absolute Gasteiger partial charge is 0.399 e. The van der Waals surface area contributed by atoms with Gasteiger partial charge in [-0.1, -0.05) is 0 Å². The predicted molar refractivity (Wildman–Crippen MR) is 44.9 cm³/mol. The van der Waals surface area contributed by atoms with Crippen LogP contribution in [0.2, 0.25) is 0 Å². The van der Waals surface area contributed by atoms with Crippen LogP contribution in [-0.2, 0) is 0 Å². The van der Waals surface area contributed by atoms with Gasteiger partial charge in [0.1, 0.15) is 5.56 Å². The molecular formula is C7H6N3O3. The van der Waals surface area contributed by atoms with Gasteiger partial charge in [-0.2, -0.15) is 0 Å². The summed E-state index contributed by atoms with van der Waals surface area (Å²) in [6.45, 7) is 0. The van der Waals surface area contributed by atoms with Crippen molar-refractivity contribution in [3.8, 4) is 0 Å². The van der Waals surface area contributed by atoms with Gasteiger partial charge in [-0.15, -0.1) is 0 Å².